The standard InChI is InChI=1S/C29H29NO4/c1-17-9-10-26(31)29(11-17)34-23-8-6-7-22(16-23)30(24-12-20(4)27(32)14-18(24)2)25-13-21(5)28(33)15-19(25)3/h6-16,31-33H,1-5H3. The van der Waals surface area contributed by atoms with Gasteiger partial charge in [0.25, 0.3) is 0 Å². The van der Waals surface area contributed by atoms with Crippen LogP contribution < -0.4 is 9.64 Å². The van der Waals surface area contributed by atoms with Gasteiger partial charge in [-0.1, -0.05) is 12.1 Å². The van der Waals surface area contributed by atoms with Crippen molar-refractivity contribution in [2.75, 3.05) is 4.90 Å². The topological polar surface area (TPSA) is 73.2 Å². The van der Waals surface area contributed by atoms with Crippen molar-refractivity contribution in [2.45, 2.75) is 34.6 Å². The maximum absolute atomic E-state index is 10.2. The molecule has 3 N–H and O–H groups in total. The van der Waals surface area contributed by atoms with Crippen LogP contribution in [0.25, 0.3) is 0 Å². The van der Waals surface area contributed by atoms with Crippen LogP contribution in [0.5, 0.6) is 28.7 Å². The van der Waals surface area contributed by atoms with E-state index in [1.165, 1.54) is 0 Å². The molecular formula is C29H29NO4. The van der Waals surface area contributed by atoms with Gasteiger partial charge in [-0.15, -0.1) is 0 Å². The van der Waals surface area contributed by atoms with Crippen molar-refractivity contribution in [3.05, 3.63) is 94.5 Å². The molecule has 4 aromatic carbocycles. The van der Waals surface area contributed by atoms with Gasteiger partial charge in [0.15, 0.2) is 11.5 Å². The molecule has 5 nitrogen and oxygen atoms in total. The molecule has 0 saturated carbocycles. The second-order valence-corrected chi connectivity index (χ2v) is 8.76. The van der Waals surface area contributed by atoms with E-state index >= 15 is 0 Å². The van der Waals surface area contributed by atoms with Gasteiger partial charge < -0.3 is 25.0 Å². The largest absolute Gasteiger partial charge is 0.508 e. The van der Waals surface area contributed by atoms with Gasteiger partial charge in [-0.3, -0.25) is 0 Å². The highest BCUT2D eigenvalue weighted by Gasteiger charge is 2.20. The molecule has 4 aromatic rings. The third kappa shape index (κ3) is 4.50. The molecule has 34 heavy (non-hydrogen) atoms. The zero-order valence-electron chi connectivity index (χ0n) is 20.0. The highest BCUT2D eigenvalue weighted by Crippen LogP contribution is 2.43. The Morgan fingerprint density at radius 2 is 1.18 bits per heavy atom. The number of aryl methyl sites for hydroxylation is 5. The molecule has 0 fully saturated rings. The molecule has 4 rings (SSSR count). The average molecular weight is 456 g/mol. The third-order valence-corrected chi connectivity index (χ3v) is 5.93. The lowest BCUT2D eigenvalue weighted by Crippen LogP contribution is -2.13. The van der Waals surface area contributed by atoms with Crippen LogP contribution in [0.4, 0.5) is 17.1 Å². The van der Waals surface area contributed by atoms with E-state index < -0.39 is 0 Å². The van der Waals surface area contributed by atoms with Gasteiger partial charge in [-0.05, 0) is 111 Å². The Kier molecular flexibility index (Phi) is 6.12. The summed E-state index contributed by atoms with van der Waals surface area (Å²) in [6, 6.07) is 20.3. The number of phenols is 3. The molecule has 0 unspecified atom stereocenters. The van der Waals surface area contributed by atoms with E-state index in [4.69, 9.17) is 4.74 Å². The lowest BCUT2D eigenvalue weighted by molar-refractivity contribution is 0.411. The van der Waals surface area contributed by atoms with Crippen LogP contribution in [0.15, 0.2) is 66.7 Å². The van der Waals surface area contributed by atoms with E-state index in [0.717, 1.165) is 44.9 Å². The van der Waals surface area contributed by atoms with Crippen molar-refractivity contribution >= 4 is 17.1 Å². The summed E-state index contributed by atoms with van der Waals surface area (Å²) in [5, 5.41) is 30.7. The van der Waals surface area contributed by atoms with Crippen LogP contribution >= 0.6 is 0 Å². The van der Waals surface area contributed by atoms with Gasteiger partial charge >= 0.3 is 0 Å². The first-order valence-electron chi connectivity index (χ1n) is 11.1. The third-order valence-electron chi connectivity index (χ3n) is 5.93. The van der Waals surface area contributed by atoms with E-state index in [-0.39, 0.29) is 17.2 Å². The first-order chi connectivity index (χ1) is 16.1. The predicted molar refractivity (Wildman–Crippen MR) is 136 cm³/mol. The molecule has 0 atom stereocenters. The Bertz CT molecular complexity index is 1320. The zero-order chi connectivity index (χ0) is 24.6. The Balaban J connectivity index is 1.88. The molecule has 0 aromatic heterocycles. The highest BCUT2D eigenvalue weighted by molar-refractivity contribution is 5.82. The summed E-state index contributed by atoms with van der Waals surface area (Å²) < 4.78 is 6.04. The van der Waals surface area contributed by atoms with Crippen LogP contribution in [-0.2, 0) is 0 Å². The lowest BCUT2D eigenvalue weighted by atomic mass is 10.0. The number of aromatic hydroxyl groups is 3. The normalized spacial score (nSPS) is 10.9. The number of hydrogen-bond donors (Lipinski definition) is 3. The van der Waals surface area contributed by atoms with Crippen LogP contribution in [0.3, 0.4) is 0 Å². The molecule has 0 amide bonds. The fourth-order valence-corrected chi connectivity index (χ4v) is 3.98. The maximum Gasteiger partial charge on any atom is 0.169 e. The minimum Gasteiger partial charge on any atom is -0.508 e. The van der Waals surface area contributed by atoms with Crippen molar-refractivity contribution in [1.29, 1.82) is 0 Å². The van der Waals surface area contributed by atoms with E-state index in [1.807, 2.05) is 77.1 Å². The molecule has 0 saturated heterocycles. The van der Waals surface area contributed by atoms with Crippen molar-refractivity contribution in [3.8, 4) is 28.7 Å². The van der Waals surface area contributed by atoms with Crippen LogP contribution in [0.2, 0.25) is 0 Å². The summed E-state index contributed by atoms with van der Waals surface area (Å²) in [7, 11) is 0. The Morgan fingerprint density at radius 3 is 1.76 bits per heavy atom. The lowest BCUT2D eigenvalue weighted by Gasteiger charge is -2.29. The van der Waals surface area contributed by atoms with Gasteiger partial charge in [0.05, 0.1) is 0 Å². The molecule has 174 valence electrons. The second kappa shape index (κ2) is 9.02. The molecule has 0 bridgehead atoms. The number of phenolic OH excluding ortho intramolecular Hbond substituents is 3. The monoisotopic (exact) mass is 455 g/mol. The summed E-state index contributed by atoms with van der Waals surface area (Å²) in [6.45, 7) is 9.58. The van der Waals surface area contributed by atoms with E-state index in [2.05, 4.69) is 4.90 Å². The Hall–Kier alpha value is -4.12. The smallest absolute Gasteiger partial charge is 0.169 e. The second-order valence-electron chi connectivity index (χ2n) is 8.76. The molecule has 5 heteroatoms. The average Bonchev–Trinajstić information content (AvgIpc) is 2.78. The first kappa shape index (κ1) is 23.1. The maximum atomic E-state index is 10.2. The van der Waals surface area contributed by atoms with Crippen molar-refractivity contribution in [2.24, 2.45) is 0 Å². The number of nitrogens with zero attached hydrogens (tertiary/aromatic N) is 1. The summed E-state index contributed by atoms with van der Waals surface area (Å²) in [5.41, 5.74) is 6.94. The number of benzene rings is 4. The molecular weight excluding hydrogens is 426 g/mol. The number of ether oxygens (including phenoxy) is 1. The summed E-state index contributed by atoms with van der Waals surface area (Å²) >= 11 is 0. The highest BCUT2D eigenvalue weighted by atomic mass is 16.5. The zero-order valence-corrected chi connectivity index (χ0v) is 20.0. The minimum absolute atomic E-state index is 0.0721. The van der Waals surface area contributed by atoms with E-state index in [0.29, 0.717) is 11.5 Å². The summed E-state index contributed by atoms with van der Waals surface area (Å²) in [5.74, 6) is 1.52. The fourth-order valence-electron chi connectivity index (χ4n) is 3.98. The SMILES string of the molecule is Cc1ccc(O)c(Oc2cccc(N(c3cc(C)c(O)cc3C)c3cc(C)c(O)cc3C)c2)c1. The molecule has 0 aliphatic carbocycles. The van der Waals surface area contributed by atoms with Crippen molar-refractivity contribution in [3.63, 3.8) is 0 Å². The van der Waals surface area contributed by atoms with Gasteiger partial charge in [0.2, 0.25) is 0 Å². The van der Waals surface area contributed by atoms with Crippen LogP contribution in [0, 0.1) is 34.6 Å². The summed E-state index contributed by atoms with van der Waals surface area (Å²) in [6.07, 6.45) is 0. The molecule has 0 spiro atoms. The number of anilines is 3. The minimum atomic E-state index is 0.0721. The Morgan fingerprint density at radius 1 is 0.588 bits per heavy atom. The summed E-state index contributed by atoms with van der Waals surface area (Å²) in [4.78, 5) is 2.09. The van der Waals surface area contributed by atoms with Gasteiger partial charge in [0.1, 0.15) is 17.2 Å². The van der Waals surface area contributed by atoms with Crippen LogP contribution in [0.1, 0.15) is 27.8 Å². The van der Waals surface area contributed by atoms with E-state index in [1.54, 1.807) is 24.3 Å². The fraction of sp³-hybridized carbons (Fsp3) is 0.172. The predicted octanol–water partition coefficient (Wildman–Crippen LogP) is 7.61. The molecule has 0 heterocycles. The molecule has 0 radical (unpaired) electrons. The van der Waals surface area contributed by atoms with Crippen molar-refractivity contribution < 1.29 is 20.1 Å². The van der Waals surface area contributed by atoms with Crippen molar-refractivity contribution in [1.82, 2.24) is 0 Å². The Labute approximate surface area is 200 Å². The molecule has 0 aliphatic rings. The van der Waals surface area contributed by atoms with Gasteiger partial charge in [-0.2, -0.15) is 0 Å². The first-order valence-corrected chi connectivity index (χ1v) is 11.1. The van der Waals surface area contributed by atoms with Gasteiger partial charge in [0, 0.05) is 23.1 Å². The van der Waals surface area contributed by atoms with E-state index in [9.17, 15) is 15.3 Å². The number of rotatable bonds is 5. The quantitative estimate of drug-likeness (QED) is 0.289. The van der Waals surface area contributed by atoms with Gasteiger partial charge in [-0.25, -0.2) is 0 Å². The number of hydrogen-bond acceptors (Lipinski definition) is 5. The molecule has 0 aliphatic heterocycles. The van der Waals surface area contributed by atoms with Crippen LogP contribution in [-0.4, -0.2) is 15.3 Å².